The van der Waals surface area contributed by atoms with Crippen LogP contribution in [-0.2, 0) is 9.53 Å². The van der Waals surface area contributed by atoms with Crippen LogP contribution in [0.15, 0.2) is 48.5 Å². The molecule has 6 nitrogen and oxygen atoms in total. The Morgan fingerprint density at radius 1 is 1.04 bits per heavy atom. The summed E-state index contributed by atoms with van der Waals surface area (Å²) in [5, 5.41) is 8.78. The summed E-state index contributed by atoms with van der Waals surface area (Å²) >= 11 is 0. The van der Waals surface area contributed by atoms with Gasteiger partial charge in [-0.3, -0.25) is 4.79 Å². The van der Waals surface area contributed by atoms with Gasteiger partial charge in [0.2, 0.25) is 0 Å². The molecule has 0 bridgehead atoms. The highest BCUT2D eigenvalue weighted by Gasteiger charge is 2.18. The summed E-state index contributed by atoms with van der Waals surface area (Å²) in [5.41, 5.74) is 1.70. The zero-order chi connectivity index (χ0) is 19.8. The van der Waals surface area contributed by atoms with Crippen LogP contribution >= 0.6 is 0 Å². The average Bonchev–Trinajstić information content (AvgIpc) is 2.67. The molecule has 0 saturated carbocycles. The van der Waals surface area contributed by atoms with E-state index in [0.717, 1.165) is 5.69 Å². The summed E-state index contributed by atoms with van der Waals surface area (Å²) in [7, 11) is 3.77. The van der Waals surface area contributed by atoms with E-state index >= 15 is 0 Å². The summed E-state index contributed by atoms with van der Waals surface area (Å²) in [6.45, 7) is -0.354. The zero-order valence-electron chi connectivity index (χ0n) is 15.2. The molecule has 0 atom stereocenters. The standard InChI is InChI=1S/C20H20FN3O3/c1-23(2)17-8-4-15(5-9-17)20(26)27-14-19(25)24(13-3-12-22)18-10-6-16(21)7-11-18/h4-11H,3,13-14H2,1-2H3. The number of ether oxygens (including phenoxy) is 1. The predicted octanol–water partition coefficient (Wildman–Crippen LogP) is 3.00. The Hall–Kier alpha value is -3.40. The molecule has 7 heteroatoms. The van der Waals surface area contributed by atoms with Gasteiger partial charge in [-0.25, -0.2) is 9.18 Å². The maximum atomic E-state index is 13.1. The Bertz CT molecular complexity index is 827. The first-order valence-corrected chi connectivity index (χ1v) is 8.29. The summed E-state index contributed by atoms with van der Waals surface area (Å²) in [4.78, 5) is 27.8. The first-order valence-electron chi connectivity index (χ1n) is 8.29. The lowest BCUT2D eigenvalue weighted by Crippen LogP contribution is -2.35. The number of nitriles is 1. The Kier molecular flexibility index (Phi) is 6.89. The van der Waals surface area contributed by atoms with Crippen LogP contribution in [0.3, 0.4) is 0 Å². The molecule has 2 aromatic rings. The molecule has 140 valence electrons. The lowest BCUT2D eigenvalue weighted by atomic mass is 10.2. The number of rotatable bonds is 7. The molecule has 0 fully saturated rings. The van der Waals surface area contributed by atoms with E-state index in [0.29, 0.717) is 11.3 Å². The second-order valence-corrected chi connectivity index (χ2v) is 5.95. The molecule has 2 rings (SSSR count). The van der Waals surface area contributed by atoms with Crippen molar-refractivity contribution in [1.82, 2.24) is 0 Å². The fraction of sp³-hybridized carbons (Fsp3) is 0.250. The maximum Gasteiger partial charge on any atom is 0.338 e. The van der Waals surface area contributed by atoms with Gasteiger partial charge >= 0.3 is 5.97 Å². The van der Waals surface area contributed by atoms with E-state index in [1.54, 1.807) is 24.3 Å². The highest BCUT2D eigenvalue weighted by molar-refractivity contribution is 5.97. The third kappa shape index (κ3) is 5.54. The SMILES string of the molecule is CN(C)c1ccc(C(=O)OCC(=O)N(CCC#N)c2ccc(F)cc2)cc1. The van der Waals surface area contributed by atoms with Crippen LogP contribution in [0.5, 0.6) is 0 Å². The van der Waals surface area contributed by atoms with E-state index < -0.39 is 24.3 Å². The largest absolute Gasteiger partial charge is 0.452 e. The number of nitrogens with zero attached hydrogens (tertiary/aromatic N) is 3. The fourth-order valence-electron chi connectivity index (χ4n) is 2.36. The minimum atomic E-state index is -0.618. The van der Waals surface area contributed by atoms with Crippen molar-refractivity contribution < 1.29 is 18.7 Å². The van der Waals surface area contributed by atoms with Crippen LogP contribution < -0.4 is 9.80 Å². The Labute approximate surface area is 157 Å². The highest BCUT2D eigenvalue weighted by atomic mass is 19.1. The topological polar surface area (TPSA) is 73.6 Å². The van der Waals surface area contributed by atoms with Crippen molar-refractivity contribution in [1.29, 1.82) is 5.26 Å². The first kappa shape index (κ1) is 19.9. The minimum absolute atomic E-state index is 0.100. The number of carbonyl (C=O) groups excluding carboxylic acids is 2. The predicted molar refractivity (Wildman–Crippen MR) is 100 cm³/mol. The molecule has 0 aromatic heterocycles. The number of benzene rings is 2. The lowest BCUT2D eigenvalue weighted by Gasteiger charge is -2.21. The number of hydrogen-bond donors (Lipinski definition) is 0. The van der Waals surface area contributed by atoms with Gasteiger partial charge in [0.05, 0.1) is 18.1 Å². The number of halogens is 1. The van der Waals surface area contributed by atoms with Crippen LogP contribution in [-0.4, -0.2) is 39.1 Å². The first-order chi connectivity index (χ1) is 12.9. The van der Waals surface area contributed by atoms with E-state index in [-0.39, 0.29) is 13.0 Å². The van der Waals surface area contributed by atoms with Crippen LogP contribution in [0.2, 0.25) is 0 Å². The van der Waals surface area contributed by atoms with Crippen molar-refractivity contribution in [2.45, 2.75) is 6.42 Å². The van der Waals surface area contributed by atoms with Gasteiger partial charge in [-0.1, -0.05) is 0 Å². The van der Waals surface area contributed by atoms with Crippen molar-refractivity contribution in [2.24, 2.45) is 0 Å². The van der Waals surface area contributed by atoms with Crippen molar-refractivity contribution in [3.63, 3.8) is 0 Å². The van der Waals surface area contributed by atoms with Crippen molar-refractivity contribution in [3.8, 4) is 6.07 Å². The quantitative estimate of drug-likeness (QED) is 0.702. The maximum absolute atomic E-state index is 13.1. The number of esters is 1. The normalized spacial score (nSPS) is 10.0. The monoisotopic (exact) mass is 369 g/mol. The van der Waals surface area contributed by atoms with Gasteiger partial charge in [0.15, 0.2) is 6.61 Å². The molecule has 0 aliphatic rings. The van der Waals surface area contributed by atoms with Crippen molar-refractivity contribution >= 4 is 23.3 Å². The van der Waals surface area contributed by atoms with E-state index in [1.807, 2.05) is 25.1 Å². The molecule has 0 aliphatic heterocycles. The second-order valence-electron chi connectivity index (χ2n) is 5.95. The molecule has 0 saturated heterocycles. The summed E-state index contributed by atoms with van der Waals surface area (Å²) < 4.78 is 18.2. The van der Waals surface area contributed by atoms with Gasteiger partial charge in [0.1, 0.15) is 5.82 Å². The Morgan fingerprint density at radius 2 is 1.63 bits per heavy atom. The van der Waals surface area contributed by atoms with E-state index in [4.69, 9.17) is 10.00 Å². The third-order valence-electron chi connectivity index (χ3n) is 3.83. The van der Waals surface area contributed by atoms with Crippen molar-refractivity contribution in [3.05, 3.63) is 59.9 Å². The molecule has 0 aliphatic carbocycles. The van der Waals surface area contributed by atoms with Crippen LogP contribution in [0.25, 0.3) is 0 Å². The Morgan fingerprint density at radius 3 is 2.19 bits per heavy atom. The van der Waals surface area contributed by atoms with E-state index in [9.17, 15) is 14.0 Å². The van der Waals surface area contributed by atoms with Gasteiger partial charge in [-0.15, -0.1) is 0 Å². The Balaban J connectivity index is 2.02. The summed E-state index contributed by atoms with van der Waals surface area (Å²) in [5.74, 6) is -1.54. The van der Waals surface area contributed by atoms with Crippen molar-refractivity contribution in [2.75, 3.05) is 37.0 Å². The van der Waals surface area contributed by atoms with Gasteiger partial charge in [0.25, 0.3) is 5.91 Å². The molecule has 0 heterocycles. The molecule has 1 amide bonds. The van der Waals surface area contributed by atoms with Gasteiger partial charge in [-0.2, -0.15) is 5.26 Å². The van der Waals surface area contributed by atoms with E-state index in [1.165, 1.54) is 29.2 Å². The van der Waals surface area contributed by atoms with Gasteiger partial charge in [0, 0.05) is 32.0 Å². The minimum Gasteiger partial charge on any atom is -0.452 e. The zero-order valence-corrected chi connectivity index (χ0v) is 15.2. The molecule has 0 spiro atoms. The molecule has 2 aromatic carbocycles. The third-order valence-corrected chi connectivity index (χ3v) is 3.83. The summed E-state index contributed by atoms with van der Waals surface area (Å²) in [6, 6.07) is 14.1. The summed E-state index contributed by atoms with van der Waals surface area (Å²) in [6.07, 6.45) is 0.100. The average molecular weight is 369 g/mol. The second kappa shape index (κ2) is 9.34. The van der Waals surface area contributed by atoms with Crippen LogP contribution in [0.1, 0.15) is 16.8 Å². The van der Waals surface area contributed by atoms with Crippen LogP contribution in [0.4, 0.5) is 15.8 Å². The molecule has 27 heavy (non-hydrogen) atoms. The fourth-order valence-corrected chi connectivity index (χ4v) is 2.36. The number of carbonyl (C=O) groups is 2. The lowest BCUT2D eigenvalue weighted by molar-refractivity contribution is -0.121. The van der Waals surface area contributed by atoms with Gasteiger partial charge < -0.3 is 14.5 Å². The highest BCUT2D eigenvalue weighted by Crippen LogP contribution is 2.16. The number of amides is 1. The van der Waals surface area contributed by atoms with E-state index in [2.05, 4.69) is 0 Å². The molecular formula is C20H20FN3O3. The smallest absolute Gasteiger partial charge is 0.338 e. The molecular weight excluding hydrogens is 349 g/mol. The number of hydrogen-bond acceptors (Lipinski definition) is 5. The van der Waals surface area contributed by atoms with Gasteiger partial charge in [-0.05, 0) is 48.5 Å². The molecule has 0 N–H and O–H groups in total. The number of anilines is 2. The molecule has 0 radical (unpaired) electrons. The van der Waals surface area contributed by atoms with Crippen LogP contribution in [0, 0.1) is 17.1 Å². The molecule has 0 unspecified atom stereocenters.